The molecule has 2 aromatic carbocycles. The quantitative estimate of drug-likeness (QED) is 0.236. The summed E-state index contributed by atoms with van der Waals surface area (Å²) in [6, 6.07) is 16.0. The van der Waals surface area contributed by atoms with Gasteiger partial charge in [-0.15, -0.1) is 0 Å². The first-order chi connectivity index (χ1) is 19.8. The number of halogens is 1. The fraction of sp³-hybridized carbons (Fsp3) is 0.618. The van der Waals surface area contributed by atoms with Gasteiger partial charge in [0.25, 0.3) is 0 Å². The molecule has 0 radical (unpaired) electrons. The second-order valence-electron chi connectivity index (χ2n) is 11.9. The van der Waals surface area contributed by atoms with Crippen molar-refractivity contribution in [3.8, 4) is 0 Å². The Morgan fingerprint density at radius 1 is 0.951 bits per heavy atom. The van der Waals surface area contributed by atoms with E-state index in [0.717, 1.165) is 44.1 Å². The number of esters is 1. The number of rotatable bonds is 15. The van der Waals surface area contributed by atoms with Crippen LogP contribution in [0.25, 0.3) is 0 Å². The molecule has 0 aliphatic carbocycles. The molecule has 0 amide bonds. The molecule has 0 saturated carbocycles. The second kappa shape index (κ2) is 15.8. The summed E-state index contributed by atoms with van der Waals surface area (Å²) in [6.07, 6.45) is 5.37. The number of aliphatic hydroxyl groups excluding tert-OH is 1. The maximum absolute atomic E-state index is 14.4. The van der Waals surface area contributed by atoms with Gasteiger partial charge in [-0.25, -0.2) is 9.18 Å². The highest BCUT2D eigenvalue weighted by Crippen LogP contribution is 2.35. The van der Waals surface area contributed by atoms with Gasteiger partial charge in [-0.3, -0.25) is 0 Å². The Bertz CT molecular complexity index is 1060. The molecule has 2 aromatic rings. The van der Waals surface area contributed by atoms with Crippen LogP contribution in [0.4, 0.5) is 4.39 Å². The van der Waals surface area contributed by atoms with E-state index in [1.165, 1.54) is 12.1 Å². The van der Waals surface area contributed by atoms with E-state index in [-0.39, 0.29) is 47.9 Å². The molecule has 0 bridgehead atoms. The van der Waals surface area contributed by atoms with Crippen molar-refractivity contribution in [2.75, 3.05) is 6.61 Å². The lowest BCUT2D eigenvalue weighted by Gasteiger charge is -2.31. The highest BCUT2D eigenvalue weighted by Gasteiger charge is 2.39. The van der Waals surface area contributed by atoms with Crippen molar-refractivity contribution in [3.63, 3.8) is 0 Å². The zero-order chi connectivity index (χ0) is 29.2. The van der Waals surface area contributed by atoms with Gasteiger partial charge in [0.2, 0.25) is 0 Å². The normalized spacial score (nSPS) is 25.5. The van der Waals surface area contributed by atoms with Crippen LogP contribution in [0.5, 0.6) is 0 Å². The Labute approximate surface area is 244 Å². The van der Waals surface area contributed by atoms with Crippen molar-refractivity contribution in [2.45, 2.75) is 115 Å². The van der Waals surface area contributed by atoms with Gasteiger partial charge in [0.1, 0.15) is 11.9 Å². The Hall–Kier alpha value is -2.32. The number of carbonyl (C=O) groups excluding carboxylic acids is 1. The Kier molecular flexibility index (Phi) is 12.2. The smallest absolute Gasteiger partial charge is 0.341 e. The van der Waals surface area contributed by atoms with Gasteiger partial charge in [0, 0.05) is 18.3 Å². The van der Waals surface area contributed by atoms with Gasteiger partial charge in [0.05, 0.1) is 49.3 Å². The van der Waals surface area contributed by atoms with E-state index < -0.39 is 17.9 Å². The molecule has 0 spiro atoms. The van der Waals surface area contributed by atoms with Gasteiger partial charge < -0.3 is 24.1 Å². The predicted octanol–water partition coefficient (Wildman–Crippen LogP) is 6.88. The maximum atomic E-state index is 14.4. The Morgan fingerprint density at radius 2 is 1.61 bits per heavy atom. The molecule has 7 heteroatoms. The summed E-state index contributed by atoms with van der Waals surface area (Å²) in [6.45, 7) is 7.43. The Morgan fingerprint density at radius 3 is 2.34 bits per heavy atom. The molecule has 2 fully saturated rings. The van der Waals surface area contributed by atoms with Crippen molar-refractivity contribution < 1.29 is 33.2 Å². The highest BCUT2D eigenvalue weighted by atomic mass is 19.1. The molecule has 2 heterocycles. The van der Waals surface area contributed by atoms with Crippen LogP contribution < -0.4 is 0 Å². The standard InChI is InChI=1S/C34H47FO6/c1-4-10-26(36)19-27-16-18-32(40-27)24(3)33(41-34(37)29-13-8-9-14-30(29)35)20-28-15-17-31(39-28)23(2)21-38-22-25-11-6-5-7-12-25/h5-9,11-14,23-24,26-28,31-33,36H,4,10,15-22H2,1-3H3/t23-,24+,26-,27-,28-,31+,32+,33+/m0/s1. The first-order valence-corrected chi connectivity index (χ1v) is 15.4. The average molecular weight is 571 g/mol. The molecule has 0 aromatic heterocycles. The van der Waals surface area contributed by atoms with Crippen LogP contribution in [0, 0.1) is 17.7 Å². The molecule has 4 rings (SSSR count). The summed E-state index contributed by atoms with van der Waals surface area (Å²) in [5.41, 5.74) is 1.08. The lowest BCUT2D eigenvalue weighted by molar-refractivity contribution is -0.0726. The molecular formula is C34H47FO6. The number of carbonyl (C=O) groups is 1. The third kappa shape index (κ3) is 9.34. The zero-order valence-electron chi connectivity index (χ0n) is 24.8. The first kappa shape index (κ1) is 31.6. The molecule has 1 N–H and O–H groups in total. The van der Waals surface area contributed by atoms with Crippen LogP contribution in [-0.4, -0.2) is 54.3 Å². The number of hydrogen-bond acceptors (Lipinski definition) is 6. The van der Waals surface area contributed by atoms with Crippen LogP contribution in [0.1, 0.15) is 88.1 Å². The van der Waals surface area contributed by atoms with Crippen LogP contribution in [-0.2, 0) is 25.6 Å². The van der Waals surface area contributed by atoms with E-state index in [2.05, 4.69) is 26.0 Å². The summed E-state index contributed by atoms with van der Waals surface area (Å²) in [4.78, 5) is 13.1. The van der Waals surface area contributed by atoms with E-state index in [1.807, 2.05) is 25.1 Å². The predicted molar refractivity (Wildman–Crippen MR) is 156 cm³/mol. The van der Waals surface area contributed by atoms with Crippen molar-refractivity contribution in [1.82, 2.24) is 0 Å². The SMILES string of the molecule is CCC[C@H](O)C[C@@H]1CC[C@H]([C@@H](C)[C@@H](C[C@@H]2CC[C@H]([C@@H](C)COCc3ccccc3)O2)OC(=O)c2ccccc2F)O1. The minimum atomic E-state index is -0.662. The monoisotopic (exact) mass is 570 g/mol. The van der Waals surface area contributed by atoms with Gasteiger partial charge >= 0.3 is 5.97 Å². The average Bonchev–Trinajstić information content (AvgIpc) is 3.63. The van der Waals surface area contributed by atoms with Crippen molar-refractivity contribution in [1.29, 1.82) is 0 Å². The third-order valence-corrected chi connectivity index (χ3v) is 8.58. The van der Waals surface area contributed by atoms with Gasteiger partial charge in [-0.2, -0.15) is 0 Å². The van der Waals surface area contributed by atoms with Crippen molar-refractivity contribution >= 4 is 5.97 Å². The van der Waals surface area contributed by atoms with Gasteiger partial charge in [0.15, 0.2) is 0 Å². The zero-order valence-corrected chi connectivity index (χ0v) is 24.8. The van der Waals surface area contributed by atoms with E-state index in [4.69, 9.17) is 18.9 Å². The number of aliphatic hydroxyl groups is 1. The number of ether oxygens (including phenoxy) is 4. The minimum absolute atomic E-state index is 0.00392. The third-order valence-electron chi connectivity index (χ3n) is 8.58. The molecule has 226 valence electrons. The molecule has 41 heavy (non-hydrogen) atoms. The molecule has 2 aliphatic rings. The van der Waals surface area contributed by atoms with E-state index >= 15 is 0 Å². The highest BCUT2D eigenvalue weighted by molar-refractivity contribution is 5.89. The number of hydrogen-bond donors (Lipinski definition) is 1. The summed E-state index contributed by atoms with van der Waals surface area (Å²) in [5.74, 6) is -1.13. The fourth-order valence-electron chi connectivity index (χ4n) is 6.11. The summed E-state index contributed by atoms with van der Waals surface area (Å²) in [7, 11) is 0. The Balaban J connectivity index is 1.35. The molecule has 0 unspecified atom stereocenters. The minimum Gasteiger partial charge on any atom is -0.458 e. The number of benzene rings is 2. The van der Waals surface area contributed by atoms with Crippen molar-refractivity contribution in [2.24, 2.45) is 11.8 Å². The van der Waals surface area contributed by atoms with Crippen molar-refractivity contribution in [3.05, 3.63) is 71.5 Å². The van der Waals surface area contributed by atoms with Gasteiger partial charge in [-0.05, 0) is 56.2 Å². The van der Waals surface area contributed by atoms with Crippen LogP contribution >= 0.6 is 0 Å². The molecule has 2 aliphatic heterocycles. The lowest BCUT2D eigenvalue weighted by Crippen LogP contribution is -2.37. The molecule has 8 atom stereocenters. The van der Waals surface area contributed by atoms with E-state index in [1.54, 1.807) is 12.1 Å². The van der Waals surface area contributed by atoms with E-state index in [9.17, 15) is 14.3 Å². The first-order valence-electron chi connectivity index (χ1n) is 15.4. The maximum Gasteiger partial charge on any atom is 0.341 e. The topological polar surface area (TPSA) is 74.2 Å². The second-order valence-corrected chi connectivity index (χ2v) is 11.9. The summed E-state index contributed by atoms with van der Waals surface area (Å²) in [5, 5.41) is 10.3. The largest absolute Gasteiger partial charge is 0.458 e. The summed E-state index contributed by atoms with van der Waals surface area (Å²) < 4.78 is 39.2. The van der Waals surface area contributed by atoms with Gasteiger partial charge in [-0.1, -0.05) is 69.7 Å². The molecule has 2 saturated heterocycles. The molecule has 6 nitrogen and oxygen atoms in total. The van der Waals surface area contributed by atoms with Crippen LogP contribution in [0.15, 0.2) is 54.6 Å². The fourth-order valence-corrected chi connectivity index (χ4v) is 6.11. The summed E-state index contributed by atoms with van der Waals surface area (Å²) >= 11 is 0. The van der Waals surface area contributed by atoms with E-state index in [0.29, 0.717) is 26.1 Å². The van der Waals surface area contributed by atoms with Crippen LogP contribution in [0.2, 0.25) is 0 Å². The lowest BCUT2D eigenvalue weighted by atomic mass is 9.91. The molecular weight excluding hydrogens is 523 g/mol. The van der Waals surface area contributed by atoms with Crippen LogP contribution in [0.3, 0.4) is 0 Å².